The lowest BCUT2D eigenvalue weighted by Crippen LogP contribution is -1.94. The van der Waals surface area contributed by atoms with Crippen LogP contribution in [0.3, 0.4) is 0 Å². The van der Waals surface area contributed by atoms with Crippen LogP contribution in [0.25, 0.3) is 10.9 Å². The van der Waals surface area contributed by atoms with E-state index in [9.17, 15) is 4.79 Å². The van der Waals surface area contributed by atoms with E-state index in [0.717, 1.165) is 48.4 Å². The number of carbonyl (C=O) groups excluding carboxylic acids is 1. The van der Waals surface area contributed by atoms with Gasteiger partial charge in [-0.3, -0.25) is 4.98 Å². The summed E-state index contributed by atoms with van der Waals surface area (Å²) in [6, 6.07) is 15.8. The van der Waals surface area contributed by atoms with Crippen LogP contribution >= 0.6 is 23.1 Å². The number of rotatable bonds is 8. The summed E-state index contributed by atoms with van der Waals surface area (Å²) in [6.07, 6.45) is 3.12. The lowest BCUT2D eigenvalue weighted by atomic mass is 10.1. The molecule has 0 spiro atoms. The SMILES string of the molecule is CNc1nnc(Sc2ccnc3ccccc23)s1.COCc1cc(CC=O)cc(OC)c1. The van der Waals surface area contributed by atoms with Gasteiger partial charge in [0.05, 0.1) is 19.2 Å². The van der Waals surface area contributed by atoms with Gasteiger partial charge in [0.2, 0.25) is 5.13 Å². The van der Waals surface area contributed by atoms with E-state index in [1.807, 2.05) is 55.7 Å². The zero-order valence-corrected chi connectivity index (χ0v) is 19.7. The van der Waals surface area contributed by atoms with Gasteiger partial charge in [-0.1, -0.05) is 47.4 Å². The van der Waals surface area contributed by atoms with Crippen LogP contribution in [-0.2, 0) is 22.6 Å². The number of fused-ring (bicyclic) bond motifs is 1. The Kier molecular flexibility index (Phi) is 8.97. The number of methoxy groups -OCH3 is 2. The molecule has 4 aromatic rings. The maximum Gasteiger partial charge on any atom is 0.206 e. The molecule has 32 heavy (non-hydrogen) atoms. The molecule has 0 aliphatic carbocycles. The van der Waals surface area contributed by atoms with Gasteiger partial charge in [0.15, 0.2) is 4.34 Å². The van der Waals surface area contributed by atoms with Crippen molar-refractivity contribution in [2.24, 2.45) is 0 Å². The third kappa shape index (κ3) is 6.49. The zero-order chi connectivity index (χ0) is 22.8. The highest BCUT2D eigenvalue weighted by molar-refractivity contribution is 8.01. The zero-order valence-electron chi connectivity index (χ0n) is 18.1. The maximum absolute atomic E-state index is 10.4. The van der Waals surface area contributed by atoms with Crippen molar-refractivity contribution in [1.82, 2.24) is 15.2 Å². The fourth-order valence-electron chi connectivity index (χ4n) is 2.92. The smallest absolute Gasteiger partial charge is 0.206 e. The number of pyridine rings is 1. The monoisotopic (exact) mass is 468 g/mol. The molecule has 0 radical (unpaired) electrons. The molecule has 0 unspecified atom stereocenters. The van der Waals surface area contributed by atoms with Crippen molar-refractivity contribution in [3.05, 3.63) is 65.9 Å². The van der Waals surface area contributed by atoms with Crippen LogP contribution in [0.5, 0.6) is 5.75 Å². The third-order valence-corrected chi connectivity index (χ3v) is 6.39. The number of para-hydroxylation sites is 1. The van der Waals surface area contributed by atoms with Gasteiger partial charge >= 0.3 is 0 Å². The lowest BCUT2D eigenvalue weighted by molar-refractivity contribution is -0.107. The topological polar surface area (TPSA) is 86.2 Å². The Morgan fingerprint density at radius 3 is 2.62 bits per heavy atom. The quantitative estimate of drug-likeness (QED) is 0.367. The van der Waals surface area contributed by atoms with E-state index in [1.165, 1.54) is 0 Å². The van der Waals surface area contributed by atoms with Gasteiger partial charge < -0.3 is 19.6 Å². The highest BCUT2D eigenvalue weighted by atomic mass is 32.2. The largest absolute Gasteiger partial charge is 0.497 e. The minimum atomic E-state index is 0.411. The molecule has 9 heteroatoms. The maximum atomic E-state index is 10.4. The van der Waals surface area contributed by atoms with Crippen LogP contribution in [0, 0.1) is 0 Å². The summed E-state index contributed by atoms with van der Waals surface area (Å²) in [6.45, 7) is 0.531. The van der Waals surface area contributed by atoms with E-state index in [4.69, 9.17) is 9.47 Å². The predicted octanol–water partition coefficient (Wildman–Crippen LogP) is 4.86. The summed E-state index contributed by atoms with van der Waals surface area (Å²) < 4.78 is 11.1. The van der Waals surface area contributed by atoms with E-state index in [-0.39, 0.29) is 0 Å². The molecule has 166 valence electrons. The van der Waals surface area contributed by atoms with Gasteiger partial charge in [-0.05, 0) is 35.4 Å². The fourth-order valence-corrected chi connectivity index (χ4v) is 4.70. The average Bonchev–Trinajstić information content (AvgIpc) is 3.28. The number of benzene rings is 2. The number of hydrogen-bond donors (Lipinski definition) is 1. The lowest BCUT2D eigenvalue weighted by Gasteiger charge is -2.06. The molecule has 2 heterocycles. The van der Waals surface area contributed by atoms with E-state index >= 15 is 0 Å². The molecular weight excluding hydrogens is 444 g/mol. The molecule has 0 fully saturated rings. The first-order valence-corrected chi connectivity index (χ1v) is 11.4. The van der Waals surface area contributed by atoms with Crippen molar-refractivity contribution in [2.75, 3.05) is 26.6 Å². The number of nitrogens with zero attached hydrogens (tertiary/aromatic N) is 3. The van der Waals surface area contributed by atoms with Crippen LogP contribution in [0.15, 0.2) is 64.0 Å². The standard InChI is InChI=1S/C12H10N4S2.C11H14O3/c1-13-11-15-16-12(18-11)17-10-6-7-14-9-5-3-2-4-8(9)10;1-13-8-10-5-9(3-4-12)6-11(7-10)14-2/h2-7H,1H3,(H,13,15);4-7H,3,8H2,1-2H3. The first kappa shape index (κ1) is 23.6. The van der Waals surface area contributed by atoms with Crippen LogP contribution in [0.1, 0.15) is 11.1 Å². The summed E-state index contributed by atoms with van der Waals surface area (Å²) in [5.74, 6) is 0.761. The fraction of sp³-hybridized carbons (Fsp3) is 0.217. The van der Waals surface area contributed by atoms with Crippen LogP contribution in [0.4, 0.5) is 5.13 Å². The molecule has 0 atom stereocenters. The van der Waals surface area contributed by atoms with Gasteiger partial charge in [-0.15, -0.1) is 10.2 Å². The first-order valence-electron chi connectivity index (χ1n) is 9.79. The number of hydrogen-bond acceptors (Lipinski definition) is 9. The minimum Gasteiger partial charge on any atom is -0.497 e. The number of carbonyl (C=O) groups is 1. The van der Waals surface area contributed by atoms with Crippen molar-refractivity contribution < 1.29 is 14.3 Å². The van der Waals surface area contributed by atoms with E-state index in [1.54, 1.807) is 37.3 Å². The van der Waals surface area contributed by atoms with Crippen molar-refractivity contribution in [3.63, 3.8) is 0 Å². The number of aromatic nitrogens is 3. The van der Waals surface area contributed by atoms with Crippen molar-refractivity contribution in [1.29, 1.82) is 0 Å². The van der Waals surface area contributed by atoms with Crippen molar-refractivity contribution in [2.45, 2.75) is 22.3 Å². The van der Waals surface area contributed by atoms with Crippen LogP contribution < -0.4 is 10.1 Å². The minimum absolute atomic E-state index is 0.411. The van der Waals surface area contributed by atoms with Gasteiger partial charge in [-0.2, -0.15) is 0 Å². The summed E-state index contributed by atoms with van der Waals surface area (Å²) in [5.41, 5.74) is 2.97. The Morgan fingerprint density at radius 1 is 1.09 bits per heavy atom. The second-order valence-electron chi connectivity index (χ2n) is 6.54. The Labute approximate surface area is 195 Å². The Bertz CT molecular complexity index is 1160. The van der Waals surface area contributed by atoms with E-state index in [0.29, 0.717) is 13.0 Å². The molecule has 1 N–H and O–H groups in total. The van der Waals surface area contributed by atoms with Gasteiger partial charge in [0.1, 0.15) is 12.0 Å². The molecular formula is C23H24N4O3S2. The van der Waals surface area contributed by atoms with Gasteiger partial charge in [0.25, 0.3) is 0 Å². The van der Waals surface area contributed by atoms with Crippen molar-refractivity contribution in [3.8, 4) is 5.75 Å². The molecule has 7 nitrogen and oxygen atoms in total. The number of aldehydes is 1. The Hall–Kier alpha value is -3.01. The summed E-state index contributed by atoms with van der Waals surface area (Å²) >= 11 is 3.16. The van der Waals surface area contributed by atoms with Gasteiger partial charge in [0, 0.05) is 37.1 Å². The highest BCUT2D eigenvalue weighted by Crippen LogP contribution is 2.35. The van der Waals surface area contributed by atoms with E-state index < -0.39 is 0 Å². The highest BCUT2D eigenvalue weighted by Gasteiger charge is 2.08. The molecule has 4 rings (SSSR count). The molecule has 0 aliphatic heterocycles. The number of anilines is 1. The molecule has 0 aliphatic rings. The summed E-state index contributed by atoms with van der Waals surface area (Å²) in [5, 5.41) is 13.1. The molecule has 0 saturated heterocycles. The average molecular weight is 469 g/mol. The predicted molar refractivity (Wildman–Crippen MR) is 129 cm³/mol. The molecule has 0 amide bonds. The number of nitrogens with one attached hydrogen (secondary N) is 1. The molecule has 0 bridgehead atoms. The third-order valence-electron chi connectivity index (χ3n) is 4.32. The number of ether oxygens (including phenoxy) is 2. The summed E-state index contributed by atoms with van der Waals surface area (Å²) in [7, 11) is 5.09. The molecule has 0 saturated carbocycles. The normalized spacial score (nSPS) is 10.3. The second kappa shape index (κ2) is 12.1. The van der Waals surface area contributed by atoms with Crippen LogP contribution in [-0.4, -0.2) is 42.7 Å². The Balaban J connectivity index is 0.000000188. The van der Waals surface area contributed by atoms with Crippen molar-refractivity contribution >= 4 is 45.4 Å². The Morgan fingerprint density at radius 2 is 1.91 bits per heavy atom. The summed E-state index contributed by atoms with van der Waals surface area (Å²) in [4.78, 5) is 15.9. The molecule has 2 aromatic heterocycles. The van der Waals surface area contributed by atoms with Gasteiger partial charge in [-0.25, -0.2) is 0 Å². The van der Waals surface area contributed by atoms with Crippen LogP contribution in [0.2, 0.25) is 0 Å². The van der Waals surface area contributed by atoms with E-state index in [2.05, 4.69) is 26.6 Å². The first-order chi connectivity index (χ1) is 15.7. The second-order valence-corrected chi connectivity index (χ2v) is 8.81. The molecule has 2 aromatic carbocycles.